The van der Waals surface area contributed by atoms with Crippen LogP contribution in [-0.2, 0) is 16.6 Å². The van der Waals surface area contributed by atoms with Gasteiger partial charge in [0, 0.05) is 17.8 Å². The highest BCUT2D eigenvalue weighted by Crippen LogP contribution is 2.20. The predicted octanol–water partition coefficient (Wildman–Crippen LogP) is 4.08. The first-order chi connectivity index (χ1) is 14.8. The fourth-order valence-corrected chi connectivity index (χ4v) is 3.94. The Bertz CT molecular complexity index is 1220. The van der Waals surface area contributed by atoms with Crippen molar-refractivity contribution in [1.82, 2.24) is 4.90 Å². The van der Waals surface area contributed by atoms with Crippen LogP contribution in [-0.4, -0.2) is 25.8 Å². The van der Waals surface area contributed by atoms with Crippen molar-refractivity contribution in [3.05, 3.63) is 83.6 Å². The Hall–Kier alpha value is -3.64. The lowest BCUT2D eigenvalue weighted by Crippen LogP contribution is -2.31. The zero-order chi connectivity index (χ0) is 22.4. The molecule has 31 heavy (non-hydrogen) atoms. The smallest absolute Gasteiger partial charge is 0.261 e. The Morgan fingerprint density at radius 1 is 1.19 bits per heavy atom. The van der Waals surface area contributed by atoms with E-state index in [1.165, 1.54) is 48.4 Å². The lowest BCUT2D eigenvalue weighted by Gasteiger charge is -2.21. The third kappa shape index (κ3) is 5.49. The molecular weight excluding hydrogens is 421 g/mol. The number of anilines is 1. The molecule has 0 saturated carbocycles. The van der Waals surface area contributed by atoms with Crippen LogP contribution in [0, 0.1) is 24.1 Å². The summed E-state index contributed by atoms with van der Waals surface area (Å²) in [7, 11) is -4.04. The molecule has 160 valence electrons. The van der Waals surface area contributed by atoms with Gasteiger partial charge < -0.3 is 9.32 Å². The summed E-state index contributed by atoms with van der Waals surface area (Å²) in [6.07, 6.45) is 1.63. The van der Waals surface area contributed by atoms with Crippen molar-refractivity contribution in [3.8, 4) is 6.07 Å². The van der Waals surface area contributed by atoms with E-state index in [0.717, 1.165) is 6.07 Å². The van der Waals surface area contributed by atoms with Crippen LogP contribution < -0.4 is 4.72 Å². The quantitative estimate of drug-likeness (QED) is 0.567. The molecular formula is C22H20FN3O4S. The Balaban J connectivity index is 1.82. The van der Waals surface area contributed by atoms with E-state index in [1.54, 1.807) is 18.2 Å². The van der Waals surface area contributed by atoms with Crippen LogP contribution >= 0.6 is 0 Å². The number of halogens is 1. The van der Waals surface area contributed by atoms with Gasteiger partial charge in [0.1, 0.15) is 11.6 Å². The van der Waals surface area contributed by atoms with E-state index in [2.05, 4.69) is 4.72 Å². The highest BCUT2D eigenvalue weighted by molar-refractivity contribution is 7.92. The number of sulfonamides is 1. The predicted molar refractivity (Wildman–Crippen MR) is 112 cm³/mol. The number of nitriles is 1. The third-order valence-corrected chi connectivity index (χ3v) is 5.90. The van der Waals surface area contributed by atoms with Crippen LogP contribution in [0.3, 0.4) is 0 Å². The highest BCUT2D eigenvalue weighted by atomic mass is 32.2. The normalized spacial score (nSPS) is 11.0. The van der Waals surface area contributed by atoms with Gasteiger partial charge in [0.2, 0.25) is 0 Å². The van der Waals surface area contributed by atoms with Gasteiger partial charge >= 0.3 is 0 Å². The number of carbonyl (C=O) groups excluding carboxylic acids is 1. The van der Waals surface area contributed by atoms with Crippen molar-refractivity contribution in [1.29, 1.82) is 5.26 Å². The number of rotatable bonds is 8. The van der Waals surface area contributed by atoms with E-state index in [4.69, 9.17) is 9.68 Å². The Morgan fingerprint density at radius 2 is 2.00 bits per heavy atom. The third-order valence-electron chi connectivity index (χ3n) is 4.52. The van der Waals surface area contributed by atoms with Gasteiger partial charge in [0.25, 0.3) is 15.9 Å². The largest absolute Gasteiger partial charge is 0.467 e. The molecule has 1 aromatic heterocycles. The van der Waals surface area contributed by atoms with Crippen molar-refractivity contribution in [2.24, 2.45) is 0 Å². The van der Waals surface area contributed by atoms with Crippen LogP contribution in [0.25, 0.3) is 0 Å². The molecule has 9 heteroatoms. The molecule has 0 fully saturated rings. The molecule has 0 aliphatic heterocycles. The lowest BCUT2D eigenvalue weighted by atomic mass is 10.1. The summed E-state index contributed by atoms with van der Waals surface area (Å²) in [6.45, 7) is 1.90. The second-order valence-electron chi connectivity index (χ2n) is 6.81. The number of nitrogens with one attached hydrogen (secondary N) is 1. The molecule has 1 N–H and O–H groups in total. The molecule has 3 rings (SSSR count). The number of carbonyl (C=O) groups is 1. The standard InChI is InChI=1S/C22H20FN3O4S/c1-16-8-9-20(14-21(16)23)31(28,29)25-18-6-2-5-17(13-18)22(27)26(11-4-10-24)15-19-7-3-12-30-19/h2-3,5-9,12-14,25H,4,11,15H2,1H3. The summed E-state index contributed by atoms with van der Waals surface area (Å²) >= 11 is 0. The zero-order valence-corrected chi connectivity index (χ0v) is 17.5. The van der Waals surface area contributed by atoms with Crippen LogP contribution in [0.15, 0.2) is 70.2 Å². The lowest BCUT2D eigenvalue weighted by molar-refractivity contribution is 0.0735. The van der Waals surface area contributed by atoms with Gasteiger partial charge in [0.05, 0.1) is 30.2 Å². The summed E-state index contributed by atoms with van der Waals surface area (Å²) in [5.41, 5.74) is 0.727. The van der Waals surface area contributed by atoms with Crippen LogP contribution in [0.4, 0.5) is 10.1 Å². The first-order valence-corrected chi connectivity index (χ1v) is 10.9. The molecule has 0 aliphatic rings. The van der Waals surface area contributed by atoms with Gasteiger partial charge in [-0.15, -0.1) is 0 Å². The number of benzene rings is 2. The molecule has 3 aromatic rings. The molecule has 0 radical (unpaired) electrons. The van der Waals surface area contributed by atoms with Crippen LogP contribution in [0.1, 0.15) is 28.1 Å². The zero-order valence-electron chi connectivity index (χ0n) is 16.7. The number of amides is 1. The number of nitrogens with zero attached hydrogens (tertiary/aromatic N) is 2. The van der Waals surface area contributed by atoms with E-state index in [1.807, 2.05) is 6.07 Å². The van der Waals surface area contributed by atoms with Crippen molar-refractivity contribution >= 4 is 21.6 Å². The minimum absolute atomic E-state index is 0.137. The molecule has 1 amide bonds. The maximum Gasteiger partial charge on any atom is 0.261 e. The molecule has 1 heterocycles. The molecule has 7 nitrogen and oxygen atoms in total. The Labute approximate surface area is 179 Å². The average molecular weight is 441 g/mol. The minimum Gasteiger partial charge on any atom is -0.467 e. The van der Waals surface area contributed by atoms with Crippen molar-refractivity contribution in [2.45, 2.75) is 24.8 Å². The molecule has 0 atom stereocenters. The van der Waals surface area contributed by atoms with Crippen molar-refractivity contribution < 1.29 is 22.0 Å². The van der Waals surface area contributed by atoms with Crippen LogP contribution in [0.5, 0.6) is 0 Å². The number of furan rings is 1. The van der Waals surface area contributed by atoms with Gasteiger partial charge in [0.15, 0.2) is 0 Å². The summed E-state index contributed by atoms with van der Waals surface area (Å²) in [6, 6.07) is 15.0. The second-order valence-corrected chi connectivity index (χ2v) is 8.49. The van der Waals surface area contributed by atoms with Gasteiger partial charge in [-0.3, -0.25) is 9.52 Å². The van der Waals surface area contributed by atoms with E-state index in [-0.39, 0.29) is 41.6 Å². The van der Waals surface area contributed by atoms with E-state index in [9.17, 15) is 17.6 Å². The SMILES string of the molecule is Cc1ccc(S(=O)(=O)Nc2cccc(C(=O)N(CCC#N)Cc3ccco3)c2)cc1F. The van der Waals surface area contributed by atoms with Crippen LogP contribution in [0.2, 0.25) is 0 Å². The highest BCUT2D eigenvalue weighted by Gasteiger charge is 2.20. The van der Waals surface area contributed by atoms with E-state index < -0.39 is 15.8 Å². The first kappa shape index (κ1) is 22.1. The Morgan fingerprint density at radius 3 is 2.68 bits per heavy atom. The number of aryl methyl sites for hydroxylation is 1. The minimum atomic E-state index is -4.04. The molecule has 0 spiro atoms. The fraction of sp³-hybridized carbons (Fsp3) is 0.182. The molecule has 0 bridgehead atoms. The summed E-state index contributed by atoms with van der Waals surface area (Å²) in [4.78, 5) is 14.2. The number of hydrogen-bond donors (Lipinski definition) is 1. The molecule has 0 unspecified atom stereocenters. The fourth-order valence-electron chi connectivity index (χ4n) is 2.88. The van der Waals surface area contributed by atoms with Gasteiger partial charge in [-0.05, 0) is 55.0 Å². The van der Waals surface area contributed by atoms with Gasteiger partial charge in [-0.2, -0.15) is 5.26 Å². The average Bonchev–Trinajstić information content (AvgIpc) is 3.25. The summed E-state index contributed by atoms with van der Waals surface area (Å²) < 4.78 is 46.7. The van der Waals surface area contributed by atoms with Crippen molar-refractivity contribution in [2.75, 3.05) is 11.3 Å². The topological polar surface area (TPSA) is 103 Å². The summed E-state index contributed by atoms with van der Waals surface area (Å²) in [5.74, 6) is -0.448. The van der Waals surface area contributed by atoms with Crippen molar-refractivity contribution in [3.63, 3.8) is 0 Å². The summed E-state index contributed by atoms with van der Waals surface area (Å²) in [5, 5.41) is 8.90. The maximum absolute atomic E-state index is 13.8. The van der Waals surface area contributed by atoms with E-state index in [0.29, 0.717) is 11.3 Å². The number of hydrogen-bond acceptors (Lipinski definition) is 5. The van der Waals surface area contributed by atoms with Gasteiger partial charge in [-0.1, -0.05) is 12.1 Å². The second kappa shape index (κ2) is 9.45. The maximum atomic E-state index is 13.8. The molecule has 0 saturated heterocycles. The Kier molecular flexibility index (Phi) is 6.72. The first-order valence-electron chi connectivity index (χ1n) is 9.38. The molecule has 2 aromatic carbocycles. The van der Waals surface area contributed by atoms with Gasteiger partial charge in [-0.25, -0.2) is 12.8 Å². The molecule has 0 aliphatic carbocycles. The van der Waals surface area contributed by atoms with E-state index >= 15 is 0 Å². The monoisotopic (exact) mass is 441 g/mol.